The molecular formula is C15H19ClN2O4. The van der Waals surface area contributed by atoms with E-state index in [0.717, 1.165) is 19.3 Å². The Labute approximate surface area is 133 Å². The van der Waals surface area contributed by atoms with Crippen molar-refractivity contribution < 1.29 is 19.4 Å². The Morgan fingerprint density at radius 1 is 1.32 bits per heavy atom. The third-order valence-corrected chi connectivity index (χ3v) is 4.01. The first-order valence-electron chi connectivity index (χ1n) is 7.14. The molecule has 3 N–H and O–H groups in total. The summed E-state index contributed by atoms with van der Waals surface area (Å²) >= 11 is 5.92. The molecule has 1 aliphatic rings. The van der Waals surface area contributed by atoms with Gasteiger partial charge in [0.25, 0.3) is 0 Å². The van der Waals surface area contributed by atoms with E-state index in [1.54, 1.807) is 6.07 Å². The van der Waals surface area contributed by atoms with Crippen LogP contribution in [-0.2, 0) is 4.74 Å². The highest BCUT2D eigenvalue weighted by molar-refractivity contribution is 6.33. The Kier molecular flexibility index (Phi) is 5.63. The minimum atomic E-state index is -0.572. The molecular weight excluding hydrogens is 308 g/mol. The third kappa shape index (κ3) is 4.11. The average Bonchev–Trinajstić information content (AvgIpc) is 2.50. The summed E-state index contributed by atoms with van der Waals surface area (Å²) in [6.45, 7) is 0. The minimum absolute atomic E-state index is 0.180. The normalized spacial score (nSPS) is 21.0. The molecule has 0 heterocycles. The number of carbonyl (C=O) groups excluding carboxylic acids is 2. The number of halogens is 1. The van der Waals surface area contributed by atoms with Crippen LogP contribution >= 0.6 is 11.6 Å². The molecule has 2 rings (SSSR count). The van der Waals surface area contributed by atoms with Crippen molar-refractivity contribution in [1.82, 2.24) is 5.32 Å². The number of hydrogen-bond donors (Lipinski definition) is 3. The van der Waals surface area contributed by atoms with E-state index in [2.05, 4.69) is 15.4 Å². The topological polar surface area (TPSA) is 87.7 Å². The quantitative estimate of drug-likeness (QED) is 0.745. The van der Waals surface area contributed by atoms with Crippen molar-refractivity contribution in [2.75, 3.05) is 12.4 Å². The maximum atomic E-state index is 12.0. The molecule has 0 aromatic heterocycles. The van der Waals surface area contributed by atoms with Gasteiger partial charge in [0.15, 0.2) is 0 Å². The summed E-state index contributed by atoms with van der Waals surface area (Å²) in [5.41, 5.74) is 0.604. The van der Waals surface area contributed by atoms with Crippen LogP contribution < -0.4 is 10.6 Å². The first-order chi connectivity index (χ1) is 10.5. The van der Waals surface area contributed by atoms with E-state index < -0.39 is 18.1 Å². The number of ether oxygens (including phenoxy) is 1. The number of aliphatic hydroxyl groups excluding tert-OH is 1. The summed E-state index contributed by atoms with van der Waals surface area (Å²) < 4.78 is 4.63. The van der Waals surface area contributed by atoms with Gasteiger partial charge in [0.2, 0.25) is 0 Å². The van der Waals surface area contributed by atoms with Gasteiger partial charge in [-0.15, -0.1) is 0 Å². The summed E-state index contributed by atoms with van der Waals surface area (Å²) in [5, 5.41) is 15.5. The van der Waals surface area contributed by atoms with Crippen molar-refractivity contribution in [1.29, 1.82) is 0 Å². The molecule has 0 saturated heterocycles. The fourth-order valence-electron chi connectivity index (χ4n) is 2.48. The molecule has 1 fully saturated rings. The number of hydrogen-bond acceptors (Lipinski definition) is 4. The van der Waals surface area contributed by atoms with Crippen molar-refractivity contribution in [3.8, 4) is 0 Å². The zero-order valence-electron chi connectivity index (χ0n) is 12.3. The second kappa shape index (κ2) is 7.47. The highest BCUT2D eigenvalue weighted by Gasteiger charge is 2.24. The second-order valence-electron chi connectivity index (χ2n) is 5.24. The Balaban J connectivity index is 2.00. The van der Waals surface area contributed by atoms with Crippen LogP contribution in [0.3, 0.4) is 0 Å². The monoisotopic (exact) mass is 326 g/mol. The summed E-state index contributed by atoms with van der Waals surface area (Å²) in [6.07, 6.45) is 2.88. The number of aliphatic hydroxyl groups is 1. The second-order valence-corrected chi connectivity index (χ2v) is 5.65. The smallest absolute Gasteiger partial charge is 0.339 e. The molecule has 120 valence electrons. The fraction of sp³-hybridized carbons (Fsp3) is 0.467. The van der Waals surface area contributed by atoms with E-state index in [-0.39, 0.29) is 16.6 Å². The lowest BCUT2D eigenvalue weighted by molar-refractivity contribution is 0.0601. The number of urea groups is 1. The molecule has 1 aromatic rings. The van der Waals surface area contributed by atoms with Gasteiger partial charge < -0.3 is 20.5 Å². The maximum Gasteiger partial charge on any atom is 0.339 e. The van der Waals surface area contributed by atoms with Gasteiger partial charge in [-0.05, 0) is 31.0 Å². The van der Waals surface area contributed by atoms with Crippen LogP contribution in [0.15, 0.2) is 18.2 Å². The largest absolute Gasteiger partial charge is 0.465 e. The van der Waals surface area contributed by atoms with E-state index in [1.165, 1.54) is 19.2 Å². The lowest BCUT2D eigenvalue weighted by atomic mass is 9.93. The van der Waals surface area contributed by atoms with Crippen LogP contribution in [0.25, 0.3) is 0 Å². The van der Waals surface area contributed by atoms with E-state index in [0.29, 0.717) is 12.1 Å². The Bertz CT molecular complexity index is 564. The summed E-state index contributed by atoms with van der Waals surface area (Å²) in [7, 11) is 1.26. The molecule has 22 heavy (non-hydrogen) atoms. The lowest BCUT2D eigenvalue weighted by Crippen LogP contribution is -2.46. The highest BCUT2D eigenvalue weighted by Crippen LogP contribution is 2.22. The van der Waals surface area contributed by atoms with Gasteiger partial charge in [-0.1, -0.05) is 24.4 Å². The van der Waals surface area contributed by atoms with Crippen LogP contribution in [-0.4, -0.2) is 36.4 Å². The van der Waals surface area contributed by atoms with Gasteiger partial charge in [0.1, 0.15) is 0 Å². The first-order valence-corrected chi connectivity index (χ1v) is 7.52. The van der Waals surface area contributed by atoms with Crippen LogP contribution in [0.5, 0.6) is 0 Å². The van der Waals surface area contributed by atoms with Crippen molar-refractivity contribution in [3.05, 3.63) is 28.8 Å². The summed E-state index contributed by atoms with van der Waals surface area (Å²) in [5.74, 6) is -0.572. The van der Waals surface area contributed by atoms with Crippen molar-refractivity contribution in [3.63, 3.8) is 0 Å². The molecule has 2 unspecified atom stereocenters. The van der Waals surface area contributed by atoms with Gasteiger partial charge in [-0.3, -0.25) is 0 Å². The zero-order valence-corrected chi connectivity index (χ0v) is 13.0. The van der Waals surface area contributed by atoms with Gasteiger partial charge in [-0.2, -0.15) is 0 Å². The molecule has 2 amide bonds. The molecule has 0 radical (unpaired) electrons. The Morgan fingerprint density at radius 3 is 2.73 bits per heavy atom. The molecule has 1 aromatic carbocycles. The zero-order chi connectivity index (χ0) is 16.1. The number of anilines is 1. The molecule has 1 aliphatic carbocycles. The molecule has 1 saturated carbocycles. The third-order valence-electron chi connectivity index (χ3n) is 3.68. The molecule has 0 aliphatic heterocycles. The molecule has 2 atom stereocenters. The van der Waals surface area contributed by atoms with E-state index in [1.807, 2.05) is 0 Å². The predicted octanol–water partition coefficient (Wildman–Crippen LogP) is 2.55. The molecule has 7 heteroatoms. The molecule has 0 spiro atoms. The van der Waals surface area contributed by atoms with Gasteiger partial charge in [0, 0.05) is 5.69 Å². The average molecular weight is 327 g/mol. The number of amides is 2. The summed E-state index contributed by atoms with van der Waals surface area (Å²) in [6, 6.07) is 3.88. The number of benzene rings is 1. The number of carbonyl (C=O) groups is 2. The van der Waals surface area contributed by atoms with Gasteiger partial charge >= 0.3 is 12.0 Å². The fourth-order valence-corrected chi connectivity index (χ4v) is 2.68. The van der Waals surface area contributed by atoms with Crippen molar-refractivity contribution in [2.45, 2.75) is 37.8 Å². The van der Waals surface area contributed by atoms with E-state index in [4.69, 9.17) is 11.6 Å². The van der Waals surface area contributed by atoms with Crippen LogP contribution in [0.1, 0.15) is 36.0 Å². The number of rotatable bonds is 3. The minimum Gasteiger partial charge on any atom is -0.465 e. The number of methoxy groups -OCH3 is 1. The van der Waals surface area contributed by atoms with Crippen molar-refractivity contribution in [2.24, 2.45) is 0 Å². The van der Waals surface area contributed by atoms with E-state index in [9.17, 15) is 14.7 Å². The molecule has 6 nitrogen and oxygen atoms in total. The van der Waals surface area contributed by atoms with Crippen LogP contribution in [0, 0.1) is 0 Å². The SMILES string of the molecule is COC(=O)c1cc(NC(=O)NC2CCCCC2O)ccc1Cl. The highest BCUT2D eigenvalue weighted by atomic mass is 35.5. The van der Waals surface area contributed by atoms with Crippen LogP contribution in [0.4, 0.5) is 10.5 Å². The van der Waals surface area contributed by atoms with Crippen LogP contribution in [0.2, 0.25) is 5.02 Å². The Hall–Kier alpha value is -1.79. The van der Waals surface area contributed by atoms with Gasteiger partial charge in [-0.25, -0.2) is 9.59 Å². The first kappa shape index (κ1) is 16.6. The number of nitrogens with one attached hydrogen (secondary N) is 2. The maximum absolute atomic E-state index is 12.0. The summed E-state index contributed by atoms with van der Waals surface area (Å²) in [4.78, 5) is 23.5. The van der Waals surface area contributed by atoms with Gasteiger partial charge in [0.05, 0.1) is 29.8 Å². The Morgan fingerprint density at radius 2 is 2.05 bits per heavy atom. The molecule has 0 bridgehead atoms. The van der Waals surface area contributed by atoms with Crippen molar-refractivity contribution >= 4 is 29.3 Å². The number of esters is 1. The van der Waals surface area contributed by atoms with E-state index >= 15 is 0 Å². The standard InChI is InChI=1S/C15H19ClN2O4/c1-22-14(20)10-8-9(6-7-11(10)16)17-15(21)18-12-4-2-3-5-13(12)19/h6-8,12-13,19H,2-5H2,1H3,(H2,17,18,21). The predicted molar refractivity (Wildman–Crippen MR) is 83.2 cm³/mol. The lowest BCUT2D eigenvalue weighted by Gasteiger charge is -2.28.